The molecule has 0 saturated heterocycles. The zero-order chi connectivity index (χ0) is 15.1. The first-order chi connectivity index (χ1) is 10.2. The van der Waals surface area contributed by atoms with Gasteiger partial charge < -0.3 is 19.5 Å². The van der Waals surface area contributed by atoms with Gasteiger partial charge in [-0.25, -0.2) is 0 Å². The van der Waals surface area contributed by atoms with Gasteiger partial charge in [0.2, 0.25) is 0 Å². The zero-order valence-corrected chi connectivity index (χ0v) is 12.6. The predicted molar refractivity (Wildman–Crippen MR) is 81.2 cm³/mol. The summed E-state index contributed by atoms with van der Waals surface area (Å²) in [6.07, 6.45) is 1.74. The SMILES string of the molecule is CCNCc1cc(Oc2cc(OC)cc(OC)c2)ccn1. The van der Waals surface area contributed by atoms with E-state index >= 15 is 0 Å². The molecule has 0 spiro atoms. The molecule has 21 heavy (non-hydrogen) atoms. The van der Waals surface area contributed by atoms with E-state index < -0.39 is 0 Å². The molecule has 2 aromatic rings. The van der Waals surface area contributed by atoms with Gasteiger partial charge in [-0.3, -0.25) is 4.98 Å². The van der Waals surface area contributed by atoms with Crippen LogP contribution in [0.1, 0.15) is 12.6 Å². The Kier molecular flexibility index (Phi) is 5.40. The molecule has 0 fully saturated rings. The summed E-state index contributed by atoms with van der Waals surface area (Å²) in [6.45, 7) is 3.68. The van der Waals surface area contributed by atoms with E-state index in [0.717, 1.165) is 24.5 Å². The van der Waals surface area contributed by atoms with Crippen LogP contribution in [-0.4, -0.2) is 25.7 Å². The molecule has 0 amide bonds. The highest BCUT2D eigenvalue weighted by atomic mass is 16.5. The summed E-state index contributed by atoms with van der Waals surface area (Å²) in [7, 11) is 3.22. The van der Waals surface area contributed by atoms with E-state index in [2.05, 4.69) is 17.2 Å². The van der Waals surface area contributed by atoms with Gasteiger partial charge in [0, 0.05) is 37.0 Å². The normalized spacial score (nSPS) is 10.2. The van der Waals surface area contributed by atoms with Gasteiger partial charge in [0.05, 0.1) is 19.9 Å². The highest BCUT2D eigenvalue weighted by Crippen LogP contribution is 2.30. The molecule has 0 unspecified atom stereocenters. The lowest BCUT2D eigenvalue weighted by molar-refractivity contribution is 0.386. The molecule has 112 valence electrons. The second kappa shape index (κ2) is 7.50. The molecule has 1 aromatic heterocycles. The van der Waals surface area contributed by atoms with Crippen LogP contribution in [0.4, 0.5) is 0 Å². The Labute approximate surface area is 124 Å². The smallest absolute Gasteiger partial charge is 0.134 e. The van der Waals surface area contributed by atoms with E-state index in [1.54, 1.807) is 26.5 Å². The van der Waals surface area contributed by atoms with Gasteiger partial charge in [-0.15, -0.1) is 0 Å². The van der Waals surface area contributed by atoms with E-state index in [-0.39, 0.29) is 0 Å². The molecule has 0 bridgehead atoms. The number of ether oxygens (including phenoxy) is 3. The highest BCUT2D eigenvalue weighted by molar-refractivity contribution is 5.44. The Balaban J connectivity index is 2.17. The molecule has 5 heteroatoms. The van der Waals surface area contributed by atoms with Crippen molar-refractivity contribution in [2.45, 2.75) is 13.5 Å². The quantitative estimate of drug-likeness (QED) is 0.848. The summed E-state index contributed by atoms with van der Waals surface area (Å²) < 4.78 is 16.3. The number of hydrogen-bond donors (Lipinski definition) is 1. The molecule has 0 aliphatic heterocycles. The largest absolute Gasteiger partial charge is 0.496 e. The third kappa shape index (κ3) is 4.36. The molecule has 1 aromatic carbocycles. The lowest BCUT2D eigenvalue weighted by Gasteiger charge is -2.10. The van der Waals surface area contributed by atoms with Crippen molar-refractivity contribution >= 4 is 0 Å². The minimum absolute atomic E-state index is 0.659. The fraction of sp³-hybridized carbons (Fsp3) is 0.312. The van der Waals surface area contributed by atoms with Crippen LogP contribution in [0.15, 0.2) is 36.5 Å². The number of pyridine rings is 1. The Bertz CT molecular complexity index is 565. The molecule has 5 nitrogen and oxygen atoms in total. The number of nitrogens with zero attached hydrogens (tertiary/aromatic N) is 1. The summed E-state index contributed by atoms with van der Waals surface area (Å²) in [6, 6.07) is 9.16. The minimum Gasteiger partial charge on any atom is -0.496 e. The monoisotopic (exact) mass is 288 g/mol. The summed E-state index contributed by atoms with van der Waals surface area (Å²) in [5, 5.41) is 3.23. The van der Waals surface area contributed by atoms with Crippen molar-refractivity contribution in [2.75, 3.05) is 20.8 Å². The lowest BCUT2D eigenvalue weighted by Crippen LogP contribution is -2.12. The average Bonchev–Trinajstić information content (AvgIpc) is 2.52. The van der Waals surface area contributed by atoms with Crippen LogP contribution in [0.5, 0.6) is 23.0 Å². The number of nitrogens with one attached hydrogen (secondary N) is 1. The molecule has 1 heterocycles. The summed E-state index contributed by atoms with van der Waals surface area (Å²) in [5.41, 5.74) is 0.934. The van der Waals surface area contributed by atoms with Gasteiger partial charge in [-0.05, 0) is 12.6 Å². The summed E-state index contributed by atoms with van der Waals surface area (Å²) >= 11 is 0. The number of benzene rings is 1. The second-order valence-corrected chi connectivity index (χ2v) is 4.41. The van der Waals surface area contributed by atoms with Crippen molar-refractivity contribution in [3.8, 4) is 23.0 Å². The van der Waals surface area contributed by atoms with E-state index in [0.29, 0.717) is 17.2 Å². The Morgan fingerprint density at radius 3 is 2.24 bits per heavy atom. The van der Waals surface area contributed by atoms with Crippen molar-refractivity contribution < 1.29 is 14.2 Å². The van der Waals surface area contributed by atoms with E-state index in [4.69, 9.17) is 14.2 Å². The molecule has 2 rings (SSSR count). The molecular formula is C16H20N2O3. The molecule has 0 aliphatic carbocycles. The van der Waals surface area contributed by atoms with Gasteiger partial charge in [-0.1, -0.05) is 6.92 Å². The molecule has 1 N–H and O–H groups in total. The maximum atomic E-state index is 5.86. The van der Waals surface area contributed by atoms with Gasteiger partial charge in [-0.2, -0.15) is 0 Å². The van der Waals surface area contributed by atoms with Crippen molar-refractivity contribution in [3.05, 3.63) is 42.2 Å². The number of methoxy groups -OCH3 is 2. The summed E-state index contributed by atoms with van der Waals surface area (Å²) in [5.74, 6) is 2.76. The van der Waals surface area contributed by atoms with Crippen LogP contribution < -0.4 is 19.5 Å². The molecule has 0 saturated carbocycles. The van der Waals surface area contributed by atoms with Crippen LogP contribution in [0.2, 0.25) is 0 Å². The average molecular weight is 288 g/mol. The molecule has 0 aliphatic rings. The van der Waals surface area contributed by atoms with E-state index in [1.807, 2.05) is 24.3 Å². The number of hydrogen-bond acceptors (Lipinski definition) is 5. The molecule has 0 radical (unpaired) electrons. The lowest BCUT2D eigenvalue weighted by atomic mass is 10.3. The van der Waals surface area contributed by atoms with Gasteiger partial charge >= 0.3 is 0 Å². The first-order valence-electron chi connectivity index (χ1n) is 6.81. The fourth-order valence-corrected chi connectivity index (χ4v) is 1.85. The third-order valence-corrected chi connectivity index (χ3v) is 2.90. The van der Waals surface area contributed by atoms with Crippen molar-refractivity contribution in [3.63, 3.8) is 0 Å². The Morgan fingerprint density at radius 2 is 1.62 bits per heavy atom. The van der Waals surface area contributed by atoms with E-state index in [9.17, 15) is 0 Å². The van der Waals surface area contributed by atoms with Gasteiger partial charge in [0.15, 0.2) is 0 Å². The predicted octanol–water partition coefficient (Wildman–Crippen LogP) is 3.00. The van der Waals surface area contributed by atoms with Crippen molar-refractivity contribution in [1.29, 1.82) is 0 Å². The first-order valence-corrected chi connectivity index (χ1v) is 6.81. The van der Waals surface area contributed by atoms with Gasteiger partial charge in [0.25, 0.3) is 0 Å². The highest BCUT2D eigenvalue weighted by Gasteiger charge is 2.05. The first kappa shape index (κ1) is 15.1. The van der Waals surface area contributed by atoms with Crippen molar-refractivity contribution in [1.82, 2.24) is 10.3 Å². The molecule has 0 atom stereocenters. The zero-order valence-electron chi connectivity index (χ0n) is 12.6. The van der Waals surface area contributed by atoms with Crippen LogP contribution in [0.3, 0.4) is 0 Å². The van der Waals surface area contributed by atoms with Crippen LogP contribution in [0, 0.1) is 0 Å². The number of aromatic nitrogens is 1. The Morgan fingerprint density at radius 1 is 0.952 bits per heavy atom. The summed E-state index contributed by atoms with van der Waals surface area (Å²) in [4.78, 5) is 4.29. The maximum absolute atomic E-state index is 5.86. The third-order valence-electron chi connectivity index (χ3n) is 2.90. The molecular weight excluding hydrogens is 268 g/mol. The topological polar surface area (TPSA) is 52.6 Å². The van der Waals surface area contributed by atoms with Crippen LogP contribution in [-0.2, 0) is 6.54 Å². The van der Waals surface area contributed by atoms with E-state index in [1.165, 1.54) is 0 Å². The Hall–Kier alpha value is -2.27. The van der Waals surface area contributed by atoms with Crippen LogP contribution >= 0.6 is 0 Å². The number of rotatable bonds is 7. The maximum Gasteiger partial charge on any atom is 0.134 e. The van der Waals surface area contributed by atoms with Crippen molar-refractivity contribution in [2.24, 2.45) is 0 Å². The second-order valence-electron chi connectivity index (χ2n) is 4.41. The van der Waals surface area contributed by atoms with Gasteiger partial charge in [0.1, 0.15) is 23.0 Å². The fourth-order valence-electron chi connectivity index (χ4n) is 1.85. The minimum atomic E-state index is 0.659. The van der Waals surface area contributed by atoms with Crippen LogP contribution in [0.25, 0.3) is 0 Å². The standard InChI is InChI=1S/C16H20N2O3/c1-4-17-11-12-7-13(5-6-18-12)21-16-9-14(19-2)8-15(10-16)20-3/h5-10,17H,4,11H2,1-3H3.